The summed E-state index contributed by atoms with van der Waals surface area (Å²) in [5.74, 6) is 0.699. The molecule has 5 heteroatoms. The monoisotopic (exact) mass is 260 g/mol. The highest BCUT2D eigenvalue weighted by Gasteiger charge is 2.20. The SMILES string of the molecule is CCOP(=S)(OCC)Oc1cccc(C)c1. The van der Waals surface area contributed by atoms with Crippen LogP contribution in [-0.2, 0) is 20.9 Å². The summed E-state index contributed by atoms with van der Waals surface area (Å²) < 4.78 is 16.4. The standard InChI is InChI=1S/C11H17O3PS/c1-4-12-15(16,13-5-2)14-11-8-6-7-10(3)9-11/h6-9H,4-5H2,1-3H3. The molecule has 0 atom stereocenters. The molecule has 0 N–H and O–H groups in total. The Bertz CT molecular complexity index is 371. The molecule has 0 bridgehead atoms. The number of hydrogen-bond donors (Lipinski definition) is 0. The van der Waals surface area contributed by atoms with E-state index >= 15 is 0 Å². The van der Waals surface area contributed by atoms with Crippen LogP contribution in [0.15, 0.2) is 24.3 Å². The lowest BCUT2D eigenvalue weighted by Gasteiger charge is -2.21. The summed E-state index contributed by atoms with van der Waals surface area (Å²) in [5, 5.41) is 0. The van der Waals surface area contributed by atoms with E-state index < -0.39 is 6.72 Å². The van der Waals surface area contributed by atoms with Gasteiger partial charge in [0.25, 0.3) is 0 Å². The third kappa shape index (κ3) is 4.22. The predicted molar refractivity (Wildman–Crippen MR) is 69.3 cm³/mol. The zero-order valence-corrected chi connectivity index (χ0v) is 11.5. The van der Waals surface area contributed by atoms with Crippen molar-refractivity contribution in [2.75, 3.05) is 13.2 Å². The molecule has 0 aliphatic carbocycles. The molecule has 0 saturated heterocycles. The van der Waals surface area contributed by atoms with Crippen molar-refractivity contribution in [3.05, 3.63) is 29.8 Å². The van der Waals surface area contributed by atoms with Crippen LogP contribution in [0, 0.1) is 6.92 Å². The average molecular weight is 260 g/mol. The lowest BCUT2D eigenvalue weighted by molar-refractivity contribution is 0.218. The number of hydrogen-bond acceptors (Lipinski definition) is 4. The van der Waals surface area contributed by atoms with E-state index in [-0.39, 0.29) is 0 Å². The lowest BCUT2D eigenvalue weighted by atomic mass is 10.2. The molecule has 1 aromatic rings. The van der Waals surface area contributed by atoms with Crippen LogP contribution in [0.1, 0.15) is 19.4 Å². The third-order valence-corrected chi connectivity index (χ3v) is 4.22. The molecule has 0 aliphatic heterocycles. The predicted octanol–water partition coefficient (Wildman–Crippen LogP) is 3.67. The molecule has 0 aromatic heterocycles. The van der Waals surface area contributed by atoms with Crippen molar-refractivity contribution < 1.29 is 13.6 Å². The van der Waals surface area contributed by atoms with Gasteiger partial charge in [0, 0.05) is 11.8 Å². The molecule has 0 unspecified atom stereocenters. The largest absolute Gasteiger partial charge is 0.424 e. The van der Waals surface area contributed by atoms with Crippen molar-refractivity contribution in [1.29, 1.82) is 0 Å². The van der Waals surface area contributed by atoms with Crippen LogP contribution in [0.4, 0.5) is 0 Å². The van der Waals surface area contributed by atoms with E-state index in [0.717, 1.165) is 5.56 Å². The third-order valence-electron chi connectivity index (χ3n) is 1.78. The van der Waals surface area contributed by atoms with E-state index in [1.54, 1.807) is 0 Å². The van der Waals surface area contributed by atoms with Crippen molar-refractivity contribution in [3.63, 3.8) is 0 Å². The van der Waals surface area contributed by atoms with Gasteiger partial charge < -0.3 is 4.52 Å². The summed E-state index contributed by atoms with van der Waals surface area (Å²) in [6, 6.07) is 7.69. The summed E-state index contributed by atoms with van der Waals surface area (Å²) in [6.07, 6.45) is 0. The molecule has 16 heavy (non-hydrogen) atoms. The van der Waals surface area contributed by atoms with Gasteiger partial charge >= 0.3 is 6.72 Å². The first kappa shape index (κ1) is 13.7. The second-order valence-corrected chi connectivity index (χ2v) is 6.13. The van der Waals surface area contributed by atoms with E-state index in [9.17, 15) is 0 Å². The molecule has 0 spiro atoms. The normalized spacial score (nSPS) is 11.4. The Labute approximate surface area is 102 Å². The highest BCUT2D eigenvalue weighted by Crippen LogP contribution is 2.49. The van der Waals surface area contributed by atoms with Crippen LogP contribution in [0.5, 0.6) is 5.75 Å². The summed E-state index contributed by atoms with van der Waals surface area (Å²) in [6.45, 7) is 4.10. The number of rotatable bonds is 6. The lowest BCUT2D eigenvalue weighted by Crippen LogP contribution is -2.02. The van der Waals surface area contributed by atoms with Gasteiger partial charge in [0.2, 0.25) is 0 Å². The fraction of sp³-hybridized carbons (Fsp3) is 0.455. The van der Waals surface area contributed by atoms with Crippen LogP contribution in [0.3, 0.4) is 0 Å². The van der Waals surface area contributed by atoms with E-state index in [4.69, 9.17) is 25.4 Å². The molecule has 90 valence electrons. The first-order valence-corrected chi connectivity index (χ1v) is 7.80. The molecular weight excluding hydrogens is 243 g/mol. The van der Waals surface area contributed by atoms with Gasteiger partial charge in [-0.2, -0.15) is 0 Å². The molecule has 0 fully saturated rings. The molecule has 0 aliphatic rings. The zero-order valence-electron chi connectivity index (χ0n) is 9.80. The molecule has 1 rings (SSSR count). The fourth-order valence-corrected chi connectivity index (χ4v) is 3.28. The Hall–Kier alpha value is -0.410. The fourth-order valence-electron chi connectivity index (χ4n) is 1.21. The molecule has 0 heterocycles. The maximum atomic E-state index is 5.65. The number of benzene rings is 1. The molecular formula is C11H17O3PS. The van der Waals surface area contributed by atoms with Crippen molar-refractivity contribution in [2.24, 2.45) is 0 Å². The van der Waals surface area contributed by atoms with Crippen LogP contribution in [0.25, 0.3) is 0 Å². The average Bonchev–Trinajstić information content (AvgIpc) is 2.17. The van der Waals surface area contributed by atoms with Crippen LogP contribution >= 0.6 is 6.72 Å². The summed E-state index contributed by atoms with van der Waals surface area (Å²) in [5.41, 5.74) is 1.12. The smallest absolute Gasteiger partial charge is 0.380 e. The van der Waals surface area contributed by atoms with Gasteiger partial charge in [0.1, 0.15) is 5.75 Å². The Kier molecular flexibility index (Phi) is 5.42. The Morgan fingerprint density at radius 3 is 2.31 bits per heavy atom. The van der Waals surface area contributed by atoms with Crippen LogP contribution in [-0.4, -0.2) is 13.2 Å². The molecule has 0 radical (unpaired) electrons. The van der Waals surface area contributed by atoms with E-state index in [2.05, 4.69) is 0 Å². The molecule has 0 saturated carbocycles. The van der Waals surface area contributed by atoms with Gasteiger partial charge in [-0.25, -0.2) is 0 Å². The highest BCUT2D eigenvalue weighted by atomic mass is 32.5. The maximum Gasteiger partial charge on any atom is 0.380 e. The topological polar surface area (TPSA) is 27.7 Å². The van der Waals surface area contributed by atoms with Gasteiger partial charge in [-0.3, -0.25) is 9.05 Å². The highest BCUT2D eigenvalue weighted by molar-refractivity contribution is 8.07. The maximum absolute atomic E-state index is 5.65. The summed E-state index contributed by atoms with van der Waals surface area (Å²) in [4.78, 5) is 0. The second-order valence-electron chi connectivity index (χ2n) is 3.19. The van der Waals surface area contributed by atoms with E-state index in [0.29, 0.717) is 19.0 Å². The van der Waals surface area contributed by atoms with Crippen LogP contribution in [0.2, 0.25) is 0 Å². The zero-order chi connectivity index (χ0) is 12.0. The number of aryl methyl sites for hydroxylation is 1. The van der Waals surface area contributed by atoms with Gasteiger partial charge in [-0.15, -0.1) is 0 Å². The van der Waals surface area contributed by atoms with Crippen molar-refractivity contribution in [3.8, 4) is 5.75 Å². The van der Waals surface area contributed by atoms with Gasteiger partial charge in [0.05, 0.1) is 13.2 Å². The summed E-state index contributed by atoms with van der Waals surface area (Å²) in [7, 11) is 0. The Balaban J connectivity index is 2.79. The minimum Gasteiger partial charge on any atom is -0.424 e. The van der Waals surface area contributed by atoms with Crippen molar-refractivity contribution >= 4 is 18.5 Å². The second kappa shape index (κ2) is 6.36. The van der Waals surface area contributed by atoms with Gasteiger partial charge in [0.15, 0.2) is 0 Å². The van der Waals surface area contributed by atoms with Crippen LogP contribution < -0.4 is 4.52 Å². The van der Waals surface area contributed by atoms with E-state index in [1.807, 2.05) is 45.0 Å². The first-order chi connectivity index (χ1) is 7.59. The first-order valence-electron chi connectivity index (χ1n) is 5.25. The molecule has 0 amide bonds. The summed E-state index contributed by atoms with van der Waals surface area (Å²) >= 11 is 5.27. The van der Waals surface area contributed by atoms with Crippen molar-refractivity contribution in [1.82, 2.24) is 0 Å². The quantitative estimate of drug-likeness (QED) is 0.729. The minimum absolute atomic E-state index is 0.489. The molecule has 3 nitrogen and oxygen atoms in total. The Morgan fingerprint density at radius 1 is 1.19 bits per heavy atom. The van der Waals surface area contributed by atoms with Gasteiger partial charge in [-0.1, -0.05) is 12.1 Å². The molecule has 1 aromatic carbocycles. The Morgan fingerprint density at radius 2 is 1.81 bits per heavy atom. The van der Waals surface area contributed by atoms with Crippen molar-refractivity contribution in [2.45, 2.75) is 20.8 Å². The minimum atomic E-state index is -2.63. The van der Waals surface area contributed by atoms with Gasteiger partial charge in [-0.05, 0) is 38.5 Å². The van der Waals surface area contributed by atoms with E-state index in [1.165, 1.54) is 0 Å².